The van der Waals surface area contributed by atoms with Crippen molar-refractivity contribution in [1.29, 1.82) is 0 Å². The van der Waals surface area contributed by atoms with Crippen molar-refractivity contribution < 1.29 is 24.2 Å². The Morgan fingerprint density at radius 2 is 2.28 bits per heavy atom. The molecular weight excluding hydrogens is 362 g/mol. The molecule has 1 atom stereocenters. The van der Waals surface area contributed by atoms with E-state index < -0.39 is 12.6 Å². The number of carboxylic acid groups (broad SMARTS) is 1. The van der Waals surface area contributed by atoms with Crippen molar-refractivity contribution in [2.45, 2.75) is 18.9 Å². The summed E-state index contributed by atoms with van der Waals surface area (Å²) >= 11 is 6.56. The molecule has 0 radical (unpaired) electrons. The van der Waals surface area contributed by atoms with Crippen LogP contribution in [0, 0.1) is 0 Å². The van der Waals surface area contributed by atoms with Crippen molar-refractivity contribution in [2.24, 2.45) is 0 Å². The number of carbonyl (C=O) groups excluding carboxylic acids is 1. The molecule has 2 fully saturated rings. The van der Waals surface area contributed by atoms with Crippen LogP contribution >= 0.6 is 24.0 Å². The molecule has 1 aromatic carbocycles. The second-order valence-corrected chi connectivity index (χ2v) is 7.32. The molecule has 2 aliphatic heterocycles. The molecular formula is C17H17NO5S2. The fraction of sp³-hybridized carbons (Fsp3) is 0.353. The number of carbonyl (C=O) groups is 2. The van der Waals surface area contributed by atoms with Crippen LogP contribution in [0.1, 0.15) is 18.4 Å². The lowest BCUT2D eigenvalue weighted by Gasteiger charge is -2.18. The van der Waals surface area contributed by atoms with E-state index in [-0.39, 0.29) is 12.0 Å². The molecule has 8 heteroatoms. The molecule has 25 heavy (non-hydrogen) atoms. The number of hydrogen-bond acceptors (Lipinski definition) is 6. The molecule has 3 rings (SSSR count). The molecule has 1 amide bonds. The highest BCUT2D eigenvalue weighted by atomic mass is 32.2. The first-order valence-corrected chi connectivity index (χ1v) is 9.07. The molecule has 0 bridgehead atoms. The summed E-state index contributed by atoms with van der Waals surface area (Å²) < 4.78 is 11.4. The fourth-order valence-corrected chi connectivity index (χ4v) is 3.93. The molecule has 1 aromatic rings. The number of rotatable bonds is 6. The highest BCUT2D eigenvalue weighted by Gasteiger charge is 2.34. The van der Waals surface area contributed by atoms with Crippen LogP contribution in [0.2, 0.25) is 0 Å². The minimum atomic E-state index is -1.06. The van der Waals surface area contributed by atoms with Crippen molar-refractivity contribution >= 4 is 46.3 Å². The summed E-state index contributed by atoms with van der Waals surface area (Å²) in [6.45, 7) is 0.758. The molecule has 0 unspecified atom stereocenters. The van der Waals surface area contributed by atoms with E-state index in [1.165, 1.54) is 11.8 Å². The van der Waals surface area contributed by atoms with Gasteiger partial charge in [-0.15, -0.1) is 0 Å². The molecule has 2 aliphatic rings. The summed E-state index contributed by atoms with van der Waals surface area (Å²) in [6.07, 6.45) is 3.66. The summed E-state index contributed by atoms with van der Waals surface area (Å²) in [5, 5.41) is 8.76. The van der Waals surface area contributed by atoms with Gasteiger partial charge in [0.2, 0.25) is 0 Å². The molecule has 0 saturated carbocycles. The quantitative estimate of drug-likeness (QED) is 0.601. The average Bonchev–Trinajstić information content (AvgIpc) is 3.18. The van der Waals surface area contributed by atoms with Crippen LogP contribution in [0.5, 0.6) is 5.75 Å². The summed E-state index contributed by atoms with van der Waals surface area (Å²) in [5.74, 6) is -0.800. The summed E-state index contributed by atoms with van der Waals surface area (Å²) in [5.41, 5.74) is 0.640. The van der Waals surface area contributed by atoms with Gasteiger partial charge in [0.05, 0.1) is 17.6 Å². The zero-order valence-corrected chi connectivity index (χ0v) is 15.0. The van der Waals surface area contributed by atoms with Crippen LogP contribution in [0.15, 0.2) is 29.2 Å². The normalized spacial score (nSPS) is 22.0. The number of thiocarbonyl (C=S) groups is 1. The first-order chi connectivity index (χ1) is 12.0. The van der Waals surface area contributed by atoms with Crippen LogP contribution in [0.25, 0.3) is 6.08 Å². The number of thioether (sulfide) groups is 1. The maximum Gasteiger partial charge on any atom is 0.341 e. The molecule has 2 saturated heterocycles. The lowest BCUT2D eigenvalue weighted by molar-refractivity contribution is -0.139. The van der Waals surface area contributed by atoms with Gasteiger partial charge in [-0.25, -0.2) is 4.79 Å². The number of hydrogen-bond donors (Lipinski definition) is 1. The van der Waals surface area contributed by atoms with E-state index in [4.69, 9.17) is 26.8 Å². The third kappa shape index (κ3) is 4.39. The minimum Gasteiger partial charge on any atom is -0.481 e. The highest BCUT2D eigenvalue weighted by Crippen LogP contribution is 2.35. The average molecular weight is 379 g/mol. The summed E-state index contributed by atoms with van der Waals surface area (Å²) in [7, 11) is 0. The van der Waals surface area contributed by atoms with E-state index in [0.717, 1.165) is 19.4 Å². The Labute approximate surface area is 154 Å². The van der Waals surface area contributed by atoms with Crippen LogP contribution in [0.4, 0.5) is 0 Å². The molecule has 0 aromatic heterocycles. The number of benzene rings is 1. The van der Waals surface area contributed by atoms with Gasteiger partial charge in [-0.3, -0.25) is 9.69 Å². The zero-order valence-electron chi connectivity index (χ0n) is 13.3. The molecule has 2 heterocycles. The Hall–Kier alpha value is -1.90. The second-order valence-electron chi connectivity index (χ2n) is 5.65. The van der Waals surface area contributed by atoms with Crippen molar-refractivity contribution in [3.8, 4) is 5.75 Å². The van der Waals surface area contributed by atoms with Gasteiger partial charge < -0.3 is 14.6 Å². The number of carboxylic acids is 1. The van der Waals surface area contributed by atoms with Crippen LogP contribution in [-0.4, -0.2) is 52.1 Å². The lowest BCUT2D eigenvalue weighted by atomic mass is 10.2. The Balaban J connectivity index is 1.76. The largest absolute Gasteiger partial charge is 0.481 e. The van der Waals surface area contributed by atoms with E-state index >= 15 is 0 Å². The van der Waals surface area contributed by atoms with E-state index in [9.17, 15) is 9.59 Å². The van der Waals surface area contributed by atoms with Crippen molar-refractivity contribution in [2.75, 3.05) is 19.8 Å². The predicted molar refractivity (Wildman–Crippen MR) is 98.4 cm³/mol. The van der Waals surface area contributed by atoms with Gasteiger partial charge in [0.1, 0.15) is 10.1 Å². The van der Waals surface area contributed by atoms with E-state index in [2.05, 4.69) is 0 Å². The van der Waals surface area contributed by atoms with Crippen molar-refractivity contribution in [1.82, 2.24) is 4.90 Å². The third-order valence-corrected chi connectivity index (χ3v) is 5.22. The number of ether oxygens (including phenoxy) is 2. The van der Waals surface area contributed by atoms with Gasteiger partial charge in [-0.05, 0) is 25.0 Å². The first kappa shape index (κ1) is 17.9. The van der Waals surface area contributed by atoms with Gasteiger partial charge in [0.15, 0.2) is 6.61 Å². The molecule has 0 spiro atoms. The van der Waals surface area contributed by atoms with E-state index in [1.54, 1.807) is 35.2 Å². The molecule has 1 N–H and O–H groups in total. The van der Waals surface area contributed by atoms with Gasteiger partial charge in [-0.1, -0.05) is 42.2 Å². The standard InChI is InChI=1S/C17H17NO5S2/c19-15(20)10-23-13-6-2-1-4-11(13)8-14-16(21)18(17(24)25-14)9-12-5-3-7-22-12/h1-2,4,6,8,12H,3,5,7,9-10H2,(H,19,20)/b14-8-/t12-/m0/s1. The van der Waals surface area contributed by atoms with E-state index in [1.807, 2.05) is 0 Å². The van der Waals surface area contributed by atoms with Crippen LogP contribution in [0.3, 0.4) is 0 Å². The second kappa shape index (κ2) is 7.99. The van der Waals surface area contributed by atoms with Crippen LogP contribution < -0.4 is 4.74 Å². The smallest absolute Gasteiger partial charge is 0.341 e. The fourth-order valence-electron chi connectivity index (χ4n) is 2.66. The number of aliphatic carboxylic acids is 1. The van der Waals surface area contributed by atoms with E-state index in [0.29, 0.717) is 27.1 Å². The van der Waals surface area contributed by atoms with Crippen LogP contribution in [-0.2, 0) is 14.3 Å². The summed E-state index contributed by atoms with van der Waals surface area (Å²) in [6, 6.07) is 6.98. The number of para-hydroxylation sites is 1. The monoisotopic (exact) mass is 379 g/mol. The Kier molecular flexibility index (Phi) is 5.72. The van der Waals surface area contributed by atoms with Gasteiger partial charge in [0.25, 0.3) is 5.91 Å². The van der Waals surface area contributed by atoms with Crippen molar-refractivity contribution in [3.63, 3.8) is 0 Å². The maximum absolute atomic E-state index is 12.6. The molecule has 0 aliphatic carbocycles. The molecule has 6 nitrogen and oxygen atoms in total. The highest BCUT2D eigenvalue weighted by molar-refractivity contribution is 8.26. The maximum atomic E-state index is 12.6. The Morgan fingerprint density at radius 3 is 3.00 bits per heavy atom. The zero-order chi connectivity index (χ0) is 17.8. The third-order valence-electron chi connectivity index (χ3n) is 3.84. The number of amides is 1. The number of nitrogens with zero attached hydrogens (tertiary/aromatic N) is 1. The van der Waals surface area contributed by atoms with Crippen molar-refractivity contribution in [3.05, 3.63) is 34.7 Å². The SMILES string of the molecule is O=C(O)COc1ccccc1/C=C1\SC(=S)N(C[C@@H]2CCCO2)C1=O. The minimum absolute atomic E-state index is 0.0352. The topological polar surface area (TPSA) is 76.1 Å². The van der Waals surface area contributed by atoms with Gasteiger partial charge in [0, 0.05) is 12.2 Å². The Bertz CT molecular complexity index is 728. The van der Waals surface area contributed by atoms with Gasteiger partial charge in [-0.2, -0.15) is 0 Å². The predicted octanol–water partition coefficient (Wildman–Crippen LogP) is 2.53. The molecule has 132 valence electrons. The first-order valence-electron chi connectivity index (χ1n) is 7.85. The lowest BCUT2D eigenvalue weighted by Crippen LogP contribution is -2.35. The van der Waals surface area contributed by atoms with Gasteiger partial charge >= 0.3 is 5.97 Å². The Morgan fingerprint density at radius 1 is 1.48 bits per heavy atom. The summed E-state index contributed by atoms with van der Waals surface area (Å²) in [4.78, 5) is 25.4.